The summed E-state index contributed by atoms with van der Waals surface area (Å²) >= 11 is 0. The van der Waals surface area contributed by atoms with Crippen LogP contribution in [0.15, 0.2) is 18.2 Å². The summed E-state index contributed by atoms with van der Waals surface area (Å²) in [5.41, 5.74) is -0.384. The molecule has 0 saturated heterocycles. The number of ether oxygens (including phenoxy) is 2. The first-order chi connectivity index (χ1) is 14.1. The van der Waals surface area contributed by atoms with Crippen molar-refractivity contribution in [2.45, 2.75) is 51.6 Å². The van der Waals surface area contributed by atoms with Gasteiger partial charge in [0.25, 0.3) is 0 Å². The van der Waals surface area contributed by atoms with Gasteiger partial charge in [0.2, 0.25) is 0 Å². The molecule has 30 heavy (non-hydrogen) atoms. The van der Waals surface area contributed by atoms with E-state index >= 15 is 0 Å². The maximum atomic E-state index is 14.7. The molecule has 0 aromatic heterocycles. The molecule has 0 spiro atoms. The molecule has 1 aromatic rings. The van der Waals surface area contributed by atoms with Crippen molar-refractivity contribution in [1.82, 2.24) is 0 Å². The van der Waals surface area contributed by atoms with Crippen LogP contribution in [0.5, 0.6) is 5.75 Å². The Bertz CT molecular complexity index is 898. The third-order valence-electron chi connectivity index (χ3n) is 7.34. The summed E-state index contributed by atoms with van der Waals surface area (Å²) in [4.78, 5) is 12.2. The zero-order valence-corrected chi connectivity index (χ0v) is 18.1. The Kier molecular flexibility index (Phi) is 5.60. The molecule has 0 unspecified atom stereocenters. The highest BCUT2D eigenvalue weighted by atomic mass is 32.2. The molecule has 0 radical (unpaired) electrons. The molecule has 4 fully saturated rings. The standard InChI is InChI=1S/C22H29FO6S/c1-13(2)22(17-8-14-7-15(10-17)11-18(22)9-14)29-20-12-16(3-4-19(20)23)21(24)28-5-6-30(25,26)27/h3-4,12-15,17-18H,5-11H2,1-2H3,(H,25,26,27)/p-1. The molecule has 0 heterocycles. The van der Waals surface area contributed by atoms with E-state index in [9.17, 15) is 22.2 Å². The van der Waals surface area contributed by atoms with E-state index in [4.69, 9.17) is 9.47 Å². The lowest BCUT2D eigenvalue weighted by Crippen LogP contribution is -2.63. The minimum absolute atomic E-state index is 0.0297. The zero-order chi connectivity index (χ0) is 21.7. The van der Waals surface area contributed by atoms with Crippen LogP contribution >= 0.6 is 0 Å². The van der Waals surface area contributed by atoms with Gasteiger partial charge in [0, 0.05) is 0 Å². The average Bonchev–Trinajstić information content (AvgIpc) is 2.64. The van der Waals surface area contributed by atoms with E-state index < -0.39 is 39.9 Å². The average molecular weight is 440 g/mol. The summed E-state index contributed by atoms with van der Waals surface area (Å²) in [7, 11) is -4.48. The highest BCUT2D eigenvalue weighted by Gasteiger charge is 2.60. The summed E-state index contributed by atoms with van der Waals surface area (Å²) in [5, 5.41) is 0. The Labute approximate surface area is 176 Å². The molecule has 4 saturated carbocycles. The third-order valence-corrected chi connectivity index (χ3v) is 8.00. The van der Waals surface area contributed by atoms with E-state index in [0.717, 1.165) is 37.5 Å². The highest BCUT2D eigenvalue weighted by molar-refractivity contribution is 7.85. The van der Waals surface area contributed by atoms with Crippen molar-refractivity contribution in [3.05, 3.63) is 29.6 Å². The van der Waals surface area contributed by atoms with Crippen LogP contribution in [0.1, 0.15) is 56.3 Å². The lowest BCUT2D eigenvalue weighted by molar-refractivity contribution is -0.180. The van der Waals surface area contributed by atoms with Gasteiger partial charge < -0.3 is 14.0 Å². The number of hydrogen-bond donors (Lipinski definition) is 0. The third kappa shape index (κ3) is 3.96. The maximum absolute atomic E-state index is 14.7. The summed E-state index contributed by atoms with van der Waals surface area (Å²) in [6.45, 7) is 3.71. The lowest BCUT2D eigenvalue weighted by atomic mass is 9.47. The molecule has 4 bridgehead atoms. The molecule has 6 nitrogen and oxygen atoms in total. The largest absolute Gasteiger partial charge is 0.748 e. The van der Waals surface area contributed by atoms with E-state index in [2.05, 4.69) is 13.8 Å². The number of carbonyl (C=O) groups is 1. The summed E-state index contributed by atoms with van der Waals surface area (Å²) in [6.07, 6.45) is 5.74. The summed E-state index contributed by atoms with van der Waals surface area (Å²) in [6, 6.07) is 3.77. The Hall–Kier alpha value is -1.67. The molecule has 0 N–H and O–H groups in total. The molecule has 4 aliphatic carbocycles. The van der Waals surface area contributed by atoms with E-state index in [0.29, 0.717) is 11.8 Å². The van der Waals surface area contributed by atoms with Crippen molar-refractivity contribution in [3.8, 4) is 5.75 Å². The quantitative estimate of drug-likeness (QED) is 0.474. The molecule has 0 amide bonds. The first-order valence-corrected chi connectivity index (χ1v) is 12.3. The van der Waals surface area contributed by atoms with E-state index in [1.807, 2.05) is 0 Å². The summed E-state index contributed by atoms with van der Waals surface area (Å²) in [5.74, 6) is 0.322. The van der Waals surface area contributed by atoms with Gasteiger partial charge in [0.15, 0.2) is 11.6 Å². The molecular weight excluding hydrogens is 411 g/mol. The molecule has 5 rings (SSSR count). The van der Waals surface area contributed by atoms with Crippen molar-refractivity contribution < 1.29 is 31.6 Å². The highest BCUT2D eigenvalue weighted by Crippen LogP contribution is 2.61. The van der Waals surface area contributed by atoms with Gasteiger partial charge in [-0.15, -0.1) is 0 Å². The minimum atomic E-state index is -4.48. The van der Waals surface area contributed by atoms with E-state index in [1.165, 1.54) is 24.6 Å². The fourth-order valence-electron chi connectivity index (χ4n) is 6.37. The van der Waals surface area contributed by atoms with Gasteiger partial charge >= 0.3 is 5.97 Å². The number of esters is 1. The minimum Gasteiger partial charge on any atom is -0.748 e. The second kappa shape index (κ2) is 7.79. The summed E-state index contributed by atoms with van der Waals surface area (Å²) < 4.78 is 58.1. The van der Waals surface area contributed by atoms with Gasteiger partial charge in [0.1, 0.15) is 12.2 Å². The normalized spacial score (nSPS) is 32.4. The Morgan fingerprint density at radius 3 is 2.30 bits per heavy atom. The first-order valence-electron chi connectivity index (χ1n) is 10.7. The number of carbonyl (C=O) groups excluding carboxylic acids is 1. The second-order valence-corrected chi connectivity index (χ2v) is 11.0. The van der Waals surface area contributed by atoms with Crippen molar-refractivity contribution in [3.63, 3.8) is 0 Å². The molecule has 1 aromatic carbocycles. The van der Waals surface area contributed by atoms with E-state index in [1.54, 1.807) is 0 Å². The predicted molar refractivity (Wildman–Crippen MR) is 106 cm³/mol. The van der Waals surface area contributed by atoms with Crippen molar-refractivity contribution >= 4 is 16.1 Å². The Morgan fingerprint density at radius 1 is 1.17 bits per heavy atom. The molecule has 8 heteroatoms. The van der Waals surface area contributed by atoms with Crippen LogP contribution in [0.4, 0.5) is 4.39 Å². The molecular formula is C22H28FO6S-. The topological polar surface area (TPSA) is 92.7 Å². The fraction of sp³-hybridized carbons (Fsp3) is 0.682. The van der Waals surface area contributed by atoms with Gasteiger partial charge in [-0.2, -0.15) is 0 Å². The van der Waals surface area contributed by atoms with Crippen LogP contribution in [-0.4, -0.2) is 36.9 Å². The lowest BCUT2D eigenvalue weighted by Gasteiger charge is -2.62. The van der Waals surface area contributed by atoms with Crippen LogP contribution in [-0.2, 0) is 14.9 Å². The van der Waals surface area contributed by atoms with Crippen LogP contribution in [0.3, 0.4) is 0 Å². The van der Waals surface area contributed by atoms with Crippen molar-refractivity contribution in [2.75, 3.05) is 12.4 Å². The molecule has 0 atom stereocenters. The monoisotopic (exact) mass is 439 g/mol. The Morgan fingerprint density at radius 2 is 1.77 bits per heavy atom. The van der Waals surface area contributed by atoms with Crippen molar-refractivity contribution in [2.24, 2.45) is 29.6 Å². The second-order valence-electron chi connectivity index (χ2n) is 9.46. The van der Waals surface area contributed by atoms with Crippen LogP contribution in [0.2, 0.25) is 0 Å². The SMILES string of the molecule is CC(C)C1(Oc2cc(C(=O)OCCS(=O)(=O)[O-])ccc2F)C2CC3CC(C2)CC1C3. The van der Waals surface area contributed by atoms with Gasteiger partial charge in [0.05, 0.1) is 21.4 Å². The first kappa shape index (κ1) is 21.6. The number of halogens is 1. The van der Waals surface area contributed by atoms with Crippen molar-refractivity contribution in [1.29, 1.82) is 0 Å². The molecule has 4 aliphatic rings. The zero-order valence-electron chi connectivity index (χ0n) is 17.3. The molecule has 0 aliphatic heterocycles. The van der Waals surface area contributed by atoms with Gasteiger partial charge in [-0.25, -0.2) is 17.6 Å². The Balaban J connectivity index is 1.56. The fourth-order valence-corrected chi connectivity index (χ4v) is 6.65. The predicted octanol–water partition coefficient (Wildman–Crippen LogP) is 3.76. The van der Waals surface area contributed by atoms with Gasteiger partial charge in [-0.05, 0) is 79.9 Å². The number of rotatable bonds is 7. The number of benzene rings is 1. The van der Waals surface area contributed by atoms with Crippen LogP contribution < -0.4 is 4.74 Å². The van der Waals surface area contributed by atoms with Crippen LogP contribution in [0.25, 0.3) is 0 Å². The number of hydrogen-bond acceptors (Lipinski definition) is 6. The van der Waals surface area contributed by atoms with Gasteiger partial charge in [-0.1, -0.05) is 13.8 Å². The van der Waals surface area contributed by atoms with E-state index in [-0.39, 0.29) is 17.2 Å². The van der Waals surface area contributed by atoms with Gasteiger partial charge in [-0.3, -0.25) is 0 Å². The van der Waals surface area contributed by atoms with Crippen LogP contribution in [0, 0.1) is 35.4 Å². The maximum Gasteiger partial charge on any atom is 0.338 e. The smallest absolute Gasteiger partial charge is 0.338 e. The molecule has 166 valence electrons.